The molecule has 1 atom stereocenters. The fourth-order valence-electron chi connectivity index (χ4n) is 2.71. The summed E-state index contributed by atoms with van der Waals surface area (Å²) in [5.41, 5.74) is 0.802. The summed E-state index contributed by atoms with van der Waals surface area (Å²) >= 11 is 0. The predicted molar refractivity (Wildman–Crippen MR) is 83.7 cm³/mol. The van der Waals surface area contributed by atoms with Gasteiger partial charge in [0.25, 0.3) is 0 Å². The van der Waals surface area contributed by atoms with Crippen LogP contribution >= 0.6 is 0 Å². The maximum absolute atomic E-state index is 12.7. The van der Waals surface area contributed by atoms with Gasteiger partial charge in [0.15, 0.2) is 0 Å². The summed E-state index contributed by atoms with van der Waals surface area (Å²) in [5.74, 6) is -1.59. The van der Waals surface area contributed by atoms with E-state index in [2.05, 4.69) is 5.32 Å². The highest BCUT2D eigenvalue weighted by Crippen LogP contribution is 2.34. The fraction of sp³-hybridized carbons (Fsp3) is 0.222. The molecule has 0 saturated heterocycles. The number of carbonyl (C=O) groups excluding carboxylic acids is 2. The van der Waals surface area contributed by atoms with Crippen molar-refractivity contribution in [1.82, 2.24) is 0 Å². The summed E-state index contributed by atoms with van der Waals surface area (Å²) in [6, 6.07) is 11.6. The van der Waals surface area contributed by atoms with E-state index in [4.69, 9.17) is 4.74 Å². The zero-order valence-electron chi connectivity index (χ0n) is 13.0. The van der Waals surface area contributed by atoms with Gasteiger partial charge in [-0.3, -0.25) is 9.59 Å². The van der Waals surface area contributed by atoms with Crippen LogP contribution in [-0.2, 0) is 27.1 Å². The van der Waals surface area contributed by atoms with E-state index in [-0.39, 0.29) is 24.5 Å². The van der Waals surface area contributed by atoms with E-state index in [0.29, 0.717) is 11.3 Å². The second-order valence-electron chi connectivity index (χ2n) is 5.69. The lowest BCUT2D eigenvalue weighted by Gasteiger charge is -2.11. The van der Waals surface area contributed by atoms with Crippen LogP contribution < -0.4 is 5.32 Å². The van der Waals surface area contributed by atoms with Crippen molar-refractivity contribution in [3.05, 3.63) is 65.2 Å². The number of ether oxygens (including phenoxy) is 1. The number of para-hydroxylation sites is 1. The molecule has 0 fully saturated rings. The molecule has 3 rings (SSSR count). The van der Waals surface area contributed by atoms with Crippen LogP contribution in [0.5, 0.6) is 0 Å². The molecule has 1 aliphatic heterocycles. The average Bonchev–Trinajstić information content (AvgIpc) is 2.88. The third-order valence-corrected chi connectivity index (χ3v) is 3.94. The number of hydrogen-bond acceptors (Lipinski definition) is 3. The zero-order valence-corrected chi connectivity index (χ0v) is 13.0. The van der Waals surface area contributed by atoms with Crippen molar-refractivity contribution in [2.75, 3.05) is 5.32 Å². The predicted octanol–water partition coefficient (Wildman–Crippen LogP) is 3.87. The second-order valence-corrected chi connectivity index (χ2v) is 5.69. The molecule has 1 aliphatic rings. The van der Waals surface area contributed by atoms with Crippen molar-refractivity contribution in [1.29, 1.82) is 0 Å². The van der Waals surface area contributed by atoms with E-state index < -0.39 is 23.6 Å². The van der Waals surface area contributed by atoms with Crippen LogP contribution in [0.3, 0.4) is 0 Å². The lowest BCUT2D eigenvalue weighted by atomic mass is 9.97. The number of esters is 1. The molecule has 0 spiro atoms. The Hall–Kier alpha value is -2.83. The number of rotatable bonds is 4. The van der Waals surface area contributed by atoms with Crippen molar-refractivity contribution in [3.8, 4) is 0 Å². The number of anilines is 1. The van der Waals surface area contributed by atoms with Gasteiger partial charge in [0.05, 0.1) is 17.9 Å². The SMILES string of the molecule is O=C(C[C@@H]1C(=O)Nc2ccccc21)OCc1cccc(C(F)(F)F)c1. The van der Waals surface area contributed by atoms with Gasteiger partial charge in [0.1, 0.15) is 6.61 Å². The molecule has 0 saturated carbocycles. The number of alkyl halides is 3. The first kappa shape index (κ1) is 17.0. The molecule has 1 N–H and O–H groups in total. The Balaban J connectivity index is 1.62. The van der Waals surface area contributed by atoms with Crippen LogP contribution in [0.25, 0.3) is 0 Å². The van der Waals surface area contributed by atoms with Crippen molar-refractivity contribution in [2.24, 2.45) is 0 Å². The van der Waals surface area contributed by atoms with Crippen LogP contribution in [0.2, 0.25) is 0 Å². The quantitative estimate of drug-likeness (QED) is 0.853. The average molecular weight is 349 g/mol. The molecule has 130 valence electrons. The molecule has 1 amide bonds. The molecule has 1 heterocycles. The van der Waals surface area contributed by atoms with E-state index in [1.165, 1.54) is 12.1 Å². The molecular weight excluding hydrogens is 335 g/mol. The summed E-state index contributed by atoms with van der Waals surface area (Å²) in [6.07, 6.45) is -4.62. The van der Waals surface area contributed by atoms with E-state index in [1.54, 1.807) is 24.3 Å². The Morgan fingerprint density at radius 3 is 2.64 bits per heavy atom. The molecule has 0 aliphatic carbocycles. The van der Waals surface area contributed by atoms with Crippen LogP contribution in [0.1, 0.15) is 29.0 Å². The minimum Gasteiger partial charge on any atom is -0.461 e. The third kappa shape index (κ3) is 3.81. The topological polar surface area (TPSA) is 55.4 Å². The molecule has 2 aromatic carbocycles. The van der Waals surface area contributed by atoms with Gasteiger partial charge in [0.2, 0.25) is 5.91 Å². The molecule has 0 bridgehead atoms. The first-order valence-corrected chi connectivity index (χ1v) is 7.56. The minimum atomic E-state index is -4.45. The van der Waals surface area contributed by atoms with Gasteiger partial charge in [-0.05, 0) is 29.3 Å². The number of benzene rings is 2. The van der Waals surface area contributed by atoms with Crippen LogP contribution in [-0.4, -0.2) is 11.9 Å². The van der Waals surface area contributed by atoms with Crippen molar-refractivity contribution < 1.29 is 27.5 Å². The zero-order chi connectivity index (χ0) is 18.0. The summed E-state index contributed by atoms with van der Waals surface area (Å²) in [4.78, 5) is 23.9. The van der Waals surface area contributed by atoms with Gasteiger partial charge >= 0.3 is 12.1 Å². The van der Waals surface area contributed by atoms with Gasteiger partial charge in [-0.1, -0.05) is 30.3 Å². The Bertz CT molecular complexity index is 817. The van der Waals surface area contributed by atoms with Gasteiger partial charge in [-0.2, -0.15) is 13.2 Å². The third-order valence-electron chi connectivity index (χ3n) is 3.94. The first-order chi connectivity index (χ1) is 11.8. The van der Waals surface area contributed by atoms with Gasteiger partial charge in [-0.15, -0.1) is 0 Å². The van der Waals surface area contributed by atoms with Crippen LogP contribution in [0.15, 0.2) is 48.5 Å². The highest BCUT2D eigenvalue weighted by atomic mass is 19.4. The molecule has 7 heteroatoms. The van der Waals surface area contributed by atoms with Crippen LogP contribution in [0, 0.1) is 0 Å². The Morgan fingerprint density at radius 1 is 1.12 bits per heavy atom. The smallest absolute Gasteiger partial charge is 0.416 e. The summed E-state index contributed by atoms with van der Waals surface area (Å²) in [6.45, 7) is -0.279. The maximum atomic E-state index is 12.7. The molecular formula is C18H14F3NO3. The Morgan fingerprint density at radius 2 is 1.88 bits per heavy atom. The van der Waals surface area contributed by atoms with Gasteiger partial charge < -0.3 is 10.1 Å². The van der Waals surface area contributed by atoms with Crippen LogP contribution in [0.4, 0.5) is 18.9 Å². The molecule has 25 heavy (non-hydrogen) atoms. The van der Waals surface area contributed by atoms with Crippen molar-refractivity contribution >= 4 is 17.6 Å². The van der Waals surface area contributed by atoms with E-state index in [9.17, 15) is 22.8 Å². The van der Waals surface area contributed by atoms with E-state index >= 15 is 0 Å². The molecule has 2 aromatic rings. The van der Waals surface area contributed by atoms with Gasteiger partial charge in [0, 0.05) is 5.69 Å². The minimum absolute atomic E-state index is 0.165. The normalized spacial score (nSPS) is 16.3. The summed E-state index contributed by atoms with van der Waals surface area (Å²) < 4.78 is 43.0. The monoisotopic (exact) mass is 349 g/mol. The maximum Gasteiger partial charge on any atom is 0.416 e. The second kappa shape index (κ2) is 6.58. The summed E-state index contributed by atoms with van der Waals surface area (Å²) in [5, 5.41) is 2.68. The number of fused-ring (bicyclic) bond motifs is 1. The van der Waals surface area contributed by atoms with Crippen molar-refractivity contribution in [3.63, 3.8) is 0 Å². The summed E-state index contributed by atoms with van der Waals surface area (Å²) in [7, 11) is 0. The number of nitrogens with one attached hydrogen (secondary N) is 1. The molecule has 0 unspecified atom stereocenters. The van der Waals surface area contributed by atoms with Crippen molar-refractivity contribution in [2.45, 2.75) is 25.1 Å². The standard InChI is InChI=1S/C18H14F3NO3/c19-18(20,21)12-5-3-4-11(8-12)10-25-16(23)9-14-13-6-1-2-7-15(13)22-17(14)24/h1-8,14H,9-10H2,(H,22,24)/t14-/m0/s1. The number of halogens is 3. The van der Waals surface area contributed by atoms with E-state index in [0.717, 1.165) is 12.1 Å². The largest absolute Gasteiger partial charge is 0.461 e. The lowest BCUT2D eigenvalue weighted by Crippen LogP contribution is -2.17. The fourth-order valence-corrected chi connectivity index (χ4v) is 2.71. The lowest BCUT2D eigenvalue weighted by molar-refractivity contribution is -0.146. The molecule has 4 nitrogen and oxygen atoms in total. The molecule has 0 aromatic heterocycles. The van der Waals surface area contributed by atoms with E-state index in [1.807, 2.05) is 0 Å². The number of hydrogen-bond donors (Lipinski definition) is 1. The Labute approximate surface area is 141 Å². The highest BCUT2D eigenvalue weighted by molar-refractivity contribution is 6.04. The van der Waals surface area contributed by atoms with Gasteiger partial charge in [-0.25, -0.2) is 0 Å². The number of carbonyl (C=O) groups is 2. The molecule has 0 radical (unpaired) electrons. The highest BCUT2D eigenvalue weighted by Gasteiger charge is 2.33. The Kier molecular flexibility index (Phi) is 4.48. The first-order valence-electron chi connectivity index (χ1n) is 7.56. The number of amides is 1.